The second-order valence-corrected chi connectivity index (χ2v) is 8.54. The summed E-state index contributed by atoms with van der Waals surface area (Å²) in [5, 5.41) is 23.0. The molecule has 1 atom stereocenters. The second-order valence-electron chi connectivity index (χ2n) is 7.56. The summed E-state index contributed by atoms with van der Waals surface area (Å²) in [6.07, 6.45) is 1.35. The lowest BCUT2D eigenvalue weighted by atomic mass is 10.1. The number of nitro groups is 2. The van der Waals surface area contributed by atoms with Crippen LogP contribution in [0.5, 0.6) is 5.75 Å². The third-order valence-corrected chi connectivity index (χ3v) is 6.58. The van der Waals surface area contributed by atoms with Gasteiger partial charge in [-0.15, -0.1) is 0 Å². The first-order valence-electron chi connectivity index (χ1n) is 10.1. The fourth-order valence-corrected chi connectivity index (χ4v) is 4.76. The molecule has 2 heterocycles. The number of methoxy groups -OCH3 is 1. The van der Waals surface area contributed by atoms with Crippen molar-refractivity contribution in [1.82, 2.24) is 4.98 Å². The highest BCUT2D eigenvalue weighted by Crippen LogP contribution is 2.37. The maximum atomic E-state index is 13.6. The lowest BCUT2D eigenvalue weighted by Gasteiger charge is -2.23. The third kappa shape index (κ3) is 4.47. The van der Waals surface area contributed by atoms with Gasteiger partial charge in [0, 0.05) is 18.7 Å². The van der Waals surface area contributed by atoms with Gasteiger partial charge in [0.1, 0.15) is 11.3 Å². The number of thiazole rings is 1. The molecule has 12 heteroatoms. The van der Waals surface area contributed by atoms with Gasteiger partial charge in [-0.1, -0.05) is 17.4 Å². The summed E-state index contributed by atoms with van der Waals surface area (Å²) in [6, 6.07) is 6.58. The van der Waals surface area contributed by atoms with Crippen molar-refractivity contribution in [2.24, 2.45) is 0 Å². The molecule has 0 spiro atoms. The number of nitro benzene ring substituents is 2. The molecule has 33 heavy (non-hydrogen) atoms. The number of nitrogens with zero attached hydrogens (tertiary/aromatic N) is 4. The van der Waals surface area contributed by atoms with E-state index >= 15 is 0 Å². The Hall–Kier alpha value is -3.64. The molecular formula is C21H20N4O7S. The molecule has 1 aromatic heterocycles. The Bertz CT molecular complexity index is 1220. The zero-order valence-electron chi connectivity index (χ0n) is 17.8. The molecule has 4 rings (SSSR count). The van der Waals surface area contributed by atoms with Gasteiger partial charge < -0.3 is 9.47 Å². The van der Waals surface area contributed by atoms with E-state index in [1.165, 1.54) is 23.3 Å². The number of anilines is 1. The molecule has 0 aliphatic carbocycles. The summed E-state index contributed by atoms with van der Waals surface area (Å²) in [5.74, 6) is -0.0819. The summed E-state index contributed by atoms with van der Waals surface area (Å²) in [4.78, 5) is 40.6. The van der Waals surface area contributed by atoms with Crippen LogP contribution in [-0.2, 0) is 4.74 Å². The van der Waals surface area contributed by atoms with Gasteiger partial charge in [0.2, 0.25) is 0 Å². The first-order chi connectivity index (χ1) is 15.8. The molecule has 1 aliphatic rings. The Morgan fingerprint density at radius 3 is 2.52 bits per heavy atom. The number of hydrogen-bond donors (Lipinski definition) is 0. The van der Waals surface area contributed by atoms with E-state index in [2.05, 4.69) is 4.98 Å². The van der Waals surface area contributed by atoms with E-state index in [4.69, 9.17) is 9.47 Å². The molecule has 3 aromatic rings. The van der Waals surface area contributed by atoms with Gasteiger partial charge in [0.15, 0.2) is 5.13 Å². The second kappa shape index (κ2) is 9.08. The van der Waals surface area contributed by atoms with E-state index in [1.54, 1.807) is 6.07 Å². The Balaban J connectivity index is 1.82. The largest absolute Gasteiger partial charge is 0.494 e. The molecule has 0 N–H and O–H groups in total. The lowest BCUT2D eigenvalue weighted by molar-refractivity contribution is -0.394. The first kappa shape index (κ1) is 22.6. The molecule has 0 saturated carbocycles. The van der Waals surface area contributed by atoms with E-state index in [-0.39, 0.29) is 18.2 Å². The van der Waals surface area contributed by atoms with E-state index in [9.17, 15) is 25.0 Å². The van der Waals surface area contributed by atoms with Crippen molar-refractivity contribution in [1.29, 1.82) is 0 Å². The average molecular weight is 472 g/mol. The predicted octanol–water partition coefficient (Wildman–Crippen LogP) is 4.26. The van der Waals surface area contributed by atoms with Crippen molar-refractivity contribution in [3.63, 3.8) is 0 Å². The Morgan fingerprint density at radius 1 is 1.24 bits per heavy atom. The maximum absolute atomic E-state index is 13.6. The molecule has 1 aliphatic heterocycles. The van der Waals surface area contributed by atoms with E-state index in [0.717, 1.165) is 41.3 Å². The Labute approximate surface area is 191 Å². The van der Waals surface area contributed by atoms with Crippen molar-refractivity contribution in [3.05, 3.63) is 61.7 Å². The topological polar surface area (TPSA) is 138 Å². The van der Waals surface area contributed by atoms with Crippen molar-refractivity contribution in [2.45, 2.75) is 25.9 Å². The molecular weight excluding hydrogens is 452 g/mol. The van der Waals surface area contributed by atoms with Crippen molar-refractivity contribution < 1.29 is 24.1 Å². The Morgan fingerprint density at radius 2 is 1.94 bits per heavy atom. The number of fused-ring (bicyclic) bond motifs is 1. The number of non-ortho nitro benzene ring substituents is 2. The number of aromatic nitrogens is 1. The van der Waals surface area contributed by atoms with Crippen LogP contribution < -0.4 is 9.64 Å². The van der Waals surface area contributed by atoms with E-state index < -0.39 is 27.1 Å². The minimum atomic E-state index is -0.764. The number of carbonyl (C=O) groups excluding carboxylic acids is 1. The number of hydrogen-bond acceptors (Lipinski definition) is 9. The quantitative estimate of drug-likeness (QED) is 0.367. The smallest absolute Gasteiger partial charge is 0.277 e. The van der Waals surface area contributed by atoms with Crippen LogP contribution >= 0.6 is 11.3 Å². The van der Waals surface area contributed by atoms with Crippen LogP contribution in [0.25, 0.3) is 10.2 Å². The lowest BCUT2D eigenvalue weighted by Crippen LogP contribution is -2.37. The predicted molar refractivity (Wildman–Crippen MR) is 121 cm³/mol. The van der Waals surface area contributed by atoms with Gasteiger partial charge in [-0.2, -0.15) is 0 Å². The van der Waals surface area contributed by atoms with Gasteiger partial charge in [-0.25, -0.2) is 4.98 Å². The fourth-order valence-electron chi connectivity index (χ4n) is 3.70. The molecule has 172 valence electrons. The van der Waals surface area contributed by atoms with Crippen molar-refractivity contribution >= 4 is 44.0 Å². The monoisotopic (exact) mass is 472 g/mol. The van der Waals surface area contributed by atoms with Gasteiger partial charge in [-0.05, 0) is 31.4 Å². The van der Waals surface area contributed by atoms with Gasteiger partial charge >= 0.3 is 0 Å². The van der Waals surface area contributed by atoms with Gasteiger partial charge in [0.05, 0.1) is 45.9 Å². The number of benzene rings is 2. The fraction of sp³-hybridized carbons (Fsp3) is 0.333. The van der Waals surface area contributed by atoms with Gasteiger partial charge in [0.25, 0.3) is 17.3 Å². The van der Waals surface area contributed by atoms with Crippen LogP contribution in [-0.4, -0.2) is 47.1 Å². The summed E-state index contributed by atoms with van der Waals surface area (Å²) in [5.41, 5.74) is 0.299. The molecule has 1 saturated heterocycles. The molecule has 0 bridgehead atoms. The van der Waals surface area contributed by atoms with Crippen LogP contribution in [0.15, 0.2) is 30.3 Å². The van der Waals surface area contributed by atoms with Crippen LogP contribution in [0, 0.1) is 27.2 Å². The number of amides is 1. The number of ether oxygens (including phenoxy) is 2. The van der Waals surface area contributed by atoms with Crippen LogP contribution in [0.3, 0.4) is 0 Å². The van der Waals surface area contributed by atoms with Crippen molar-refractivity contribution in [3.8, 4) is 5.75 Å². The first-order valence-corrected chi connectivity index (χ1v) is 10.9. The molecule has 1 unspecified atom stereocenters. The summed E-state index contributed by atoms with van der Waals surface area (Å²) >= 11 is 1.28. The van der Waals surface area contributed by atoms with Crippen molar-refractivity contribution in [2.75, 3.05) is 25.2 Å². The van der Waals surface area contributed by atoms with Crippen LogP contribution in [0.2, 0.25) is 0 Å². The molecule has 1 fully saturated rings. The molecule has 1 amide bonds. The van der Waals surface area contributed by atoms with E-state index in [1.807, 2.05) is 13.0 Å². The molecule has 0 radical (unpaired) electrons. The average Bonchev–Trinajstić information content (AvgIpc) is 3.47. The SMILES string of the molecule is COc1ccc(C)c2sc(N(CC3CCCO3)C(=O)c3cc([N+](=O)[O-])cc([N+](=O)[O-])c3)nc12. The number of rotatable bonds is 7. The zero-order valence-corrected chi connectivity index (χ0v) is 18.7. The highest BCUT2D eigenvalue weighted by atomic mass is 32.1. The van der Waals surface area contributed by atoms with Gasteiger partial charge in [-0.3, -0.25) is 29.9 Å². The zero-order chi connectivity index (χ0) is 23.7. The van der Waals surface area contributed by atoms with Crippen LogP contribution in [0.1, 0.15) is 28.8 Å². The number of carbonyl (C=O) groups is 1. The minimum Gasteiger partial charge on any atom is -0.494 e. The molecule has 11 nitrogen and oxygen atoms in total. The maximum Gasteiger partial charge on any atom is 0.277 e. The summed E-state index contributed by atoms with van der Waals surface area (Å²) < 4.78 is 11.9. The number of aryl methyl sites for hydroxylation is 1. The third-order valence-electron chi connectivity index (χ3n) is 5.37. The highest BCUT2D eigenvalue weighted by molar-refractivity contribution is 7.22. The minimum absolute atomic E-state index is 0.163. The summed E-state index contributed by atoms with van der Waals surface area (Å²) in [6.45, 7) is 2.65. The standard InChI is InChI=1S/C21H20N4O7S/c1-12-5-6-17(31-2)18-19(12)33-21(22-18)23(11-16-4-3-7-32-16)20(26)13-8-14(24(27)28)10-15(9-13)25(29)30/h5-6,8-10,16H,3-4,7,11H2,1-2H3. The van der Waals surface area contributed by atoms with Crippen LogP contribution in [0.4, 0.5) is 16.5 Å². The normalized spacial score (nSPS) is 15.5. The van der Waals surface area contributed by atoms with E-state index in [0.29, 0.717) is 23.0 Å². The Kier molecular flexibility index (Phi) is 6.20. The molecule has 2 aromatic carbocycles. The highest BCUT2D eigenvalue weighted by Gasteiger charge is 2.30. The summed E-state index contributed by atoms with van der Waals surface area (Å²) in [7, 11) is 1.53.